The summed E-state index contributed by atoms with van der Waals surface area (Å²) < 4.78 is 30.9. The van der Waals surface area contributed by atoms with Crippen LogP contribution in [-0.4, -0.2) is 30.2 Å². The molecule has 1 aromatic carbocycles. The van der Waals surface area contributed by atoms with E-state index in [0.29, 0.717) is 6.07 Å². The molecule has 1 rings (SSSR count). The number of carboxylic acid groups (broad SMARTS) is 1. The van der Waals surface area contributed by atoms with Crippen molar-refractivity contribution in [3.8, 4) is 0 Å². The summed E-state index contributed by atoms with van der Waals surface area (Å²) >= 11 is 0. The van der Waals surface area contributed by atoms with E-state index in [1.54, 1.807) is 0 Å². The number of benzene rings is 1. The smallest absolute Gasteiger partial charge is 0.338 e. The predicted octanol–water partition coefficient (Wildman–Crippen LogP) is 1.64. The SMILES string of the molecule is COC(=O)C(C)Nc1cc(C(=O)O)c(F)cc1F. The number of carbonyl (C=O) groups is 2. The van der Waals surface area contributed by atoms with Gasteiger partial charge in [0.25, 0.3) is 0 Å². The largest absolute Gasteiger partial charge is 0.478 e. The predicted molar refractivity (Wildman–Crippen MR) is 58.4 cm³/mol. The van der Waals surface area contributed by atoms with Gasteiger partial charge in [-0.25, -0.2) is 18.4 Å². The minimum absolute atomic E-state index is 0.285. The highest BCUT2D eigenvalue weighted by Gasteiger charge is 2.19. The molecule has 0 aliphatic rings. The molecule has 2 N–H and O–H groups in total. The average molecular weight is 259 g/mol. The molecule has 0 aliphatic heterocycles. The fourth-order valence-electron chi connectivity index (χ4n) is 1.29. The molecule has 98 valence electrons. The van der Waals surface area contributed by atoms with Crippen LogP contribution < -0.4 is 5.32 Å². The molecule has 0 spiro atoms. The number of aromatic carboxylic acids is 1. The number of rotatable bonds is 4. The van der Waals surface area contributed by atoms with Crippen molar-refractivity contribution >= 4 is 17.6 Å². The van der Waals surface area contributed by atoms with Crippen molar-refractivity contribution in [2.24, 2.45) is 0 Å². The van der Waals surface area contributed by atoms with E-state index in [1.165, 1.54) is 6.92 Å². The maximum Gasteiger partial charge on any atom is 0.338 e. The molecule has 0 fully saturated rings. The highest BCUT2D eigenvalue weighted by Crippen LogP contribution is 2.20. The lowest BCUT2D eigenvalue weighted by molar-refractivity contribution is -0.141. The average Bonchev–Trinajstić information content (AvgIpc) is 2.30. The summed E-state index contributed by atoms with van der Waals surface area (Å²) in [5.74, 6) is -4.36. The summed E-state index contributed by atoms with van der Waals surface area (Å²) in [4.78, 5) is 21.8. The number of carbonyl (C=O) groups excluding carboxylic acids is 1. The van der Waals surface area contributed by atoms with Gasteiger partial charge >= 0.3 is 11.9 Å². The second kappa shape index (κ2) is 5.44. The number of halogens is 2. The Bertz CT molecular complexity index is 490. The third-order valence-corrected chi connectivity index (χ3v) is 2.21. The minimum atomic E-state index is -1.53. The summed E-state index contributed by atoms with van der Waals surface area (Å²) in [7, 11) is 1.16. The second-order valence-electron chi connectivity index (χ2n) is 3.51. The van der Waals surface area contributed by atoms with E-state index >= 15 is 0 Å². The van der Waals surface area contributed by atoms with E-state index in [-0.39, 0.29) is 5.69 Å². The van der Waals surface area contributed by atoms with Crippen molar-refractivity contribution in [3.63, 3.8) is 0 Å². The van der Waals surface area contributed by atoms with Gasteiger partial charge in [0.1, 0.15) is 17.7 Å². The lowest BCUT2D eigenvalue weighted by atomic mass is 10.1. The Labute approximate surface area is 101 Å². The van der Waals surface area contributed by atoms with Gasteiger partial charge in [0.2, 0.25) is 0 Å². The Balaban J connectivity index is 3.06. The van der Waals surface area contributed by atoms with Crippen molar-refractivity contribution in [3.05, 3.63) is 29.3 Å². The number of carboxylic acids is 1. The Kier molecular flexibility index (Phi) is 4.19. The van der Waals surface area contributed by atoms with Gasteiger partial charge in [0.05, 0.1) is 18.4 Å². The van der Waals surface area contributed by atoms with Gasteiger partial charge in [-0.2, -0.15) is 0 Å². The molecule has 0 radical (unpaired) electrons. The van der Waals surface area contributed by atoms with E-state index in [2.05, 4.69) is 10.1 Å². The number of hydrogen-bond donors (Lipinski definition) is 2. The van der Waals surface area contributed by atoms with Crippen LogP contribution in [-0.2, 0) is 9.53 Å². The van der Waals surface area contributed by atoms with Gasteiger partial charge in [0, 0.05) is 6.07 Å². The zero-order valence-corrected chi connectivity index (χ0v) is 9.66. The van der Waals surface area contributed by atoms with Crippen LogP contribution in [0.15, 0.2) is 12.1 Å². The summed E-state index contributed by atoms with van der Waals surface area (Å²) in [6, 6.07) is 0.332. The van der Waals surface area contributed by atoms with Crippen LogP contribution in [0.3, 0.4) is 0 Å². The van der Waals surface area contributed by atoms with Gasteiger partial charge in [-0.1, -0.05) is 0 Å². The third kappa shape index (κ3) is 2.93. The minimum Gasteiger partial charge on any atom is -0.478 e. The van der Waals surface area contributed by atoms with E-state index in [1.807, 2.05) is 0 Å². The first-order valence-electron chi connectivity index (χ1n) is 4.93. The molecule has 0 saturated heterocycles. The molecule has 0 heterocycles. The van der Waals surface area contributed by atoms with Gasteiger partial charge in [-0.05, 0) is 13.0 Å². The Morgan fingerprint density at radius 2 is 1.94 bits per heavy atom. The van der Waals surface area contributed by atoms with Crippen molar-refractivity contribution in [2.75, 3.05) is 12.4 Å². The lowest BCUT2D eigenvalue weighted by Gasteiger charge is -2.14. The first kappa shape index (κ1) is 13.9. The number of hydrogen-bond acceptors (Lipinski definition) is 4. The lowest BCUT2D eigenvalue weighted by Crippen LogP contribution is -2.27. The molecule has 0 saturated carbocycles. The van der Waals surface area contributed by atoms with Crippen LogP contribution in [0.4, 0.5) is 14.5 Å². The molecule has 18 heavy (non-hydrogen) atoms. The van der Waals surface area contributed by atoms with E-state index in [9.17, 15) is 18.4 Å². The molecule has 7 heteroatoms. The normalized spacial score (nSPS) is 11.8. The van der Waals surface area contributed by atoms with Crippen molar-refractivity contribution in [1.82, 2.24) is 0 Å². The number of anilines is 1. The maximum atomic E-state index is 13.4. The van der Waals surface area contributed by atoms with Gasteiger partial charge in [-0.15, -0.1) is 0 Å². The van der Waals surface area contributed by atoms with E-state index in [0.717, 1.165) is 13.2 Å². The molecular weight excluding hydrogens is 248 g/mol. The fourth-order valence-corrected chi connectivity index (χ4v) is 1.29. The van der Waals surface area contributed by atoms with Crippen LogP contribution in [0.5, 0.6) is 0 Å². The van der Waals surface area contributed by atoms with Crippen molar-refractivity contribution in [1.29, 1.82) is 0 Å². The van der Waals surface area contributed by atoms with Crippen molar-refractivity contribution in [2.45, 2.75) is 13.0 Å². The maximum absolute atomic E-state index is 13.4. The third-order valence-electron chi connectivity index (χ3n) is 2.21. The first-order valence-corrected chi connectivity index (χ1v) is 4.93. The molecule has 5 nitrogen and oxygen atoms in total. The Morgan fingerprint density at radius 1 is 1.33 bits per heavy atom. The molecule has 1 aromatic rings. The molecule has 0 aliphatic carbocycles. The second-order valence-corrected chi connectivity index (χ2v) is 3.51. The van der Waals surface area contributed by atoms with E-state index < -0.39 is 35.2 Å². The van der Waals surface area contributed by atoms with Crippen LogP contribution >= 0.6 is 0 Å². The van der Waals surface area contributed by atoms with Crippen LogP contribution in [0, 0.1) is 11.6 Å². The van der Waals surface area contributed by atoms with E-state index in [4.69, 9.17) is 5.11 Å². The molecule has 0 amide bonds. The van der Waals surface area contributed by atoms with Gasteiger partial charge in [-0.3, -0.25) is 0 Å². The zero-order chi connectivity index (χ0) is 13.9. The quantitative estimate of drug-likeness (QED) is 0.804. The van der Waals surface area contributed by atoms with Crippen molar-refractivity contribution < 1.29 is 28.2 Å². The molecular formula is C11H11F2NO4. The number of nitrogens with one attached hydrogen (secondary N) is 1. The summed E-state index contributed by atoms with van der Waals surface area (Å²) in [5.41, 5.74) is -0.970. The number of esters is 1. The summed E-state index contributed by atoms with van der Waals surface area (Å²) in [6.45, 7) is 1.40. The Morgan fingerprint density at radius 3 is 2.44 bits per heavy atom. The molecule has 0 bridgehead atoms. The summed E-state index contributed by atoms with van der Waals surface area (Å²) in [5, 5.41) is 11.1. The number of ether oxygens (including phenoxy) is 1. The first-order chi connectivity index (χ1) is 8.36. The van der Waals surface area contributed by atoms with Crippen LogP contribution in [0.2, 0.25) is 0 Å². The molecule has 0 aromatic heterocycles. The summed E-state index contributed by atoms with van der Waals surface area (Å²) in [6.07, 6.45) is 0. The highest BCUT2D eigenvalue weighted by atomic mass is 19.1. The van der Waals surface area contributed by atoms with Crippen LogP contribution in [0.25, 0.3) is 0 Å². The topological polar surface area (TPSA) is 75.6 Å². The van der Waals surface area contributed by atoms with Crippen LogP contribution in [0.1, 0.15) is 17.3 Å². The molecule has 1 atom stereocenters. The number of methoxy groups -OCH3 is 1. The Hall–Kier alpha value is -2.18. The zero-order valence-electron chi connectivity index (χ0n) is 9.66. The highest BCUT2D eigenvalue weighted by molar-refractivity contribution is 5.89. The fraction of sp³-hybridized carbons (Fsp3) is 0.273. The standard InChI is InChI=1S/C11H11F2NO4/c1-5(11(17)18-2)14-9-3-6(10(15)16)7(12)4-8(9)13/h3-5,14H,1-2H3,(H,15,16). The van der Waals surface area contributed by atoms with Gasteiger partial charge in [0.15, 0.2) is 0 Å². The molecule has 1 unspecified atom stereocenters. The van der Waals surface area contributed by atoms with Gasteiger partial charge < -0.3 is 15.2 Å². The monoisotopic (exact) mass is 259 g/mol.